The Morgan fingerprint density at radius 3 is 2.49 bits per heavy atom. The van der Waals surface area contributed by atoms with Crippen molar-refractivity contribution in [2.45, 2.75) is 12.8 Å². The van der Waals surface area contributed by atoms with E-state index in [1.165, 1.54) is 18.2 Å². The van der Waals surface area contributed by atoms with Crippen LogP contribution in [-0.2, 0) is 17.6 Å². The minimum Gasteiger partial charge on any atom is -0.489 e. The molecule has 0 fully saturated rings. The molecule has 35 heavy (non-hydrogen) atoms. The van der Waals surface area contributed by atoms with E-state index in [0.29, 0.717) is 17.9 Å². The van der Waals surface area contributed by atoms with Gasteiger partial charge in [-0.25, -0.2) is 0 Å². The van der Waals surface area contributed by atoms with Gasteiger partial charge in [0.25, 0.3) is 5.91 Å². The summed E-state index contributed by atoms with van der Waals surface area (Å²) >= 11 is 0. The molecule has 7 heteroatoms. The van der Waals surface area contributed by atoms with Gasteiger partial charge >= 0.3 is 6.18 Å². The van der Waals surface area contributed by atoms with E-state index >= 15 is 0 Å². The topological polar surface area (TPSA) is 62.1 Å². The monoisotopic (exact) mass is 472 g/mol. The maximum atomic E-state index is 12.9. The Kier molecular flexibility index (Phi) is 6.83. The second kappa shape index (κ2) is 10.1. The van der Waals surface area contributed by atoms with E-state index in [2.05, 4.69) is 5.32 Å². The molecule has 0 radical (unpaired) electrons. The molecule has 0 saturated carbocycles. The third-order valence-corrected chi connectivity index (χ3v) is 5.26. The number of hydrogen-bond acceptors (Lipinski definition) is 3. The molecule has 0 aliphatic carbocycles. The number of carbonyl (C=O) groups excluding carboxylic acids is 1. The number of ether oxygens (including phenoxy) is 1. The molecule has 0 spiro atoms. The molecule has 0 saturated heterocycles. The maximum Gasteiger partial charge on any atom is 0.416 e. The molecule has 174 valence electrons. The lowest BCUT2D eigenvalue weighted by Crippen LogP contribution is -2.14. The molecule has 4 aromatic carbocycles. The van der Waals surface area contributed by atoms with Crippen LogP contribution in [0.2, 0.25) is 0 Å². The molecule has 0 heterocycles. The highest BCUT2D eigenvalue weighted by Crippen LogP contribution is 2.31. The lowest BCUT2D eigenvalue weighted by molar-refractivity contribution is -0.137. The lowest BCUT2D eigenvalue weighted by atomic mass is 10.1. The molecule has 0 aliphatic heterocycles. The Morgan fingerprint density at radius 2 is 1.69 bits per heavy atom. The van der Waals surface area contributed by atoms with Crippen molar-refractivity contribution < 1.29 is 22.7 Å². The maximum absolute atomic E-state index is 12.9. The van der Waals surface area contributed by atoms with Crippen molar-refractivity contribution in [2.75, 3.05) is 5.32 Å². The van der Waals surface area contributed by atoms with Gasteiger partial charge in [-0.3, -0.25) is 4.79 Å². The van der Waals surface area contributed by atoms with Crippen LogP contribution in [0.15, 0.2) is 96.6 Å². The molecule has 0 aromatic heterocycles. The van der Waals surface area contributed by atoms with Crippen molar-refractivity contribution in [3.05, 3.63) is 113 Å². The van der Waals surface area contributed by atoms with Gasteiger partial charge in [0.2, 0.25) is 0 Å². The fourth-order valence-corrected chi connectivity index (χ4v) is 3.56. The van der Waals surface area contributed by atoms with Crippen LogP contribution in [0.4, 0.5) is 18.9 Å². The van der Waals surface area contributed by atoms with Crippen LogP contribution in [-0.4, -0.2) is 5.91 Å². The molecule has 0 aliphatic rings. The summed E-state index contributed by atoms with van der Waals surface area (Å²) in [5.74, 6) is -0.267. The average Bonchev–Trinajstić information content (AvgIpc) is 2.86. The average molecular weight is 472 g/mol. The molecular weight excluding hydrogens is 453 g/mol. The predicted octanol–water partition coefficient (Wildman–Crippen LogP) is 6.98. The number of anilines is 1. The smallest absolute Gasteiger partial charge is 0.416 e. The van der Waals surface area contributed by atoms with Gasteiger partial charge in [0, 0.05) is 5.69 Å². The molecule has 1 N–H and O–H groups in total. The first-order chi connectivity index (χ1) is 16.8. The third kappa shape index (κ3) is 5.87. The molecule has 0 unspecified atom stereocenters. The van der Waals surface area contributed by atoms with Crippen molar-refractivity contribution in [2.24, 2.45) is 0 Å². The van der Waals surface area contributed by atoms with Crippen LogP contribution in [0.3, 0.4) is 0 Å². The predicted molar refractivity (Wildman–Crippen MR) is 128 cm³/mol. The zero-order chi connectivity index (χ0) is 24.8. The molecule has 1 amide bonds. The fraction of sp³-hybridized carbons (Fsp3) is 0.0714. The number of benzene rings is 4. The second-order valence-electron chi connectivity index (χ2n) is 7.70. The summed E-state index contributed by atoms with van der Waals surface area (Å²) in [5, 5.41) is 14.0. The molecular formula is C28H19F3N2O2. The van der Waals surface area contributed by atoms with Crippen LogP contribution in [0, 0.1) is 11.3 Å². The Morgan fingerprint density at radius 1 is 0.943 bits per heavy atom. The standard InChI is InChI=1S/C28H19F3N2O2/c29-28(30,31)23-10-5-11-24(16-23)33-27(34)22(17-32)14-19-6-3-12-25(15-19)35-18-21-9-4-8-20-7-1-2-13-26(20)21/h1-16H,18H2,(H,33,34)/b22-14-. The van der Waals surface area contributed by atoms with Gasteiger partial charge in [-0.15, -0.1) is 0 Å². The number of carbonyl (C=O) groups is 1. The SMILES string of the molecule is N#C/C(=C/c1cccc(OCc2cccc3ccccc23)c1)C(=O)Nc1cccc(C(F)(F)F)c1. The van der Waals surface area contributed by atoms with E-state index in [-0.39, 0.29) is 11.3 Å². The first kappa shape index (κ1) is 23.6. The van der Waals surface area contributed by atoms with Crippen molar-refractivity contribution >= 4 is 28.4 Å². The van der Waals surface area contributed by atoms with Gasteiger partial charge in [-0.2, -0.15) is 18.4 Å². The third-order valence-electron chi connectivity index (χ3n) is 5.26. The number of alkyl halides is 3. The highest BCUT2D eigenvalue weighted by atomic mass is 19.4. The Balaban J connectivity index is 1.49. The highest BCUT2D eigenvalue weighted by Gasteiger charge is 2.30. The van der Waals surface area contributed by atoms with Crippen molar-refractivity contribution in [3.8, 4) is 11.8 Å². The van der Waals surface area contributed by atoms with Gasteiger partial charge in [0.05, 0.1) is 5.56 Å². The highest BCUT2D eigenvalue weighted by molar-refractivity contribution is 6.09. The van der Waals surface area contributed by atoms with Crippen LogP contribution < -0.4 is 10.1 Å². The molecule has 4 rings (SSSR count). The zero-order valence-electron chi connectivity index (χ0n) is 18.3. The summed E-state index contributed by atoms with van der Waals surface area (Å²) in [5.41, 5.74) is 0.346. The normalized spacial score (nSPS) is 11.7. The molecule has 4 nitrogen and oxygen atoms in total. The summed E-state index contributed by atoms with van der Waals surface area (Å²) < 4.78 is 44.7. The first-order valence-electron chi connectivity index (χ1n) is 10.6. The quantitative estimate of drug-likeness (QED) is 0.243. The lowest BCUT2D eigenvalue weighted by Gasteiger charge is -2.10. The van der Waals surface area contributed by atoms with Crippen LogP contribution in [0.25, 0.3) is 16.8 Å². The molecule has 4 aromatic rings. The summed E-state index contributed by atoms with van der Waals surface area (Å²) in [6.07, 6.45) is -3.19. The summed E-state index contributed by atoms with van der Waals surface area (Å²) in [7, 11) is 0. The summed E-state index contributed by atoms with van der Waals surface area (Å²) in [4.78, 5) is 12.5. The zero-order valence-corrected chi connectivity index (χ0v) is 18.3. The fourth-order valence-electron chi connectivity index (χ4n) is 3.56. The Hall–Kier alpha value is -4.57. The van der Waals surface area contributed by atoms with Crippen LogP contribution in [0.1, 0.15) is 16.7 Å². The number of nitrogens with one attached hydrogen (secondary N) is 1. The number of halogens is 3. The van der Waals surface area contributed by atoms with Gasteiger partial charge in [-0.05, 0) is 58.3 Å². The minimum absolute atomic E-state index is 0.0573. The van der Waals surface area contributed by atoms with E-state index in [0.717, 1.165) is 28.5 Å². The van der Waals surface area contributed by atoms with E-state index in [1.807, 2.05) is 42.5 Å². The minimum atomic E-state index is -4.54. The van der Waals surface area contributed by atoms with Gasteiger partial charge in [-0.1, -0.05) is 60.7 Å². The number of nitriles is 1. The summed E-state index contributed by atoms with van der Waals surface area (Å²) in [6.45, 7) is 0.329. The van der Waals surface area contributed by atoms with Crippen LogP contribution in [0.5, 0.6) is 5.75 Å². The van der Waals surface area contributed by atoms with E-state index in [9.17, 15) is 23.2 Å². The number of rotatable bonds is 6. The molecule has 0 bridgehead atoms. The van der Waals surface area contributed by atoms with E-state index < -0.39 is 17.6 Å². The Labute approximate surface area is 199 Å². The number of amides is 1. The number of nitrogens with zero attached hydrogens (tertiary/aromatic N) is 1. The Bertz CT molecular complexity index is 1450. The van der Waals surface area contributed by atoms with Crippen molar-refractivity contribution in [1.82, 2.24) is 0 Å². The first-order valence-corrected chi connectivity index (χ1v) is 10.6. The van der Waals surface area contributed by atoms with Crippen molar-refractivity contribution in [3.63, 3.8) is 0 Å². The van der Waals surface area contributed by atoms with E-state index in [4.69, 9.17) is 4.74 Å². The number of hydrogen-bond donors (Lipinski definition) is 1. The van der Waals surface area contributed by atoms with Gasteiger partial charge in [0.1, 0.15) is 24.0 Å². The van der Waals surface area contributed by atoms with Crippen molar-refractivity contribution in [1.29, 1.82) is 5.26 Å². The van der Waals surface area contributed by atoms with Gasteiger partial charge < -0.3 is 10.1 Å². The second-order valence-corrected chi connectivity index (χ2v) is 7.70. The largest absolute Gasteiger partial charge is 0.489 e. The van der Waals surface area contributed by atoms with E-state index in [1.54, 1.807) is 30.3 Å². The summed E-state index contributed by atoms with van der Waals surface area (Å²) in [6, 6.07) is 26.8. The van der Waals surface area contributed by atoms with Crippen LogP contribution >= 0.6 is 0 Å². The number of fused-ring (bicyclic) bond motifs is 1. The van der Waals surface area contributed by atoms with Gasteiger partial charge in [0.15, 0.2) is 0 Å². The molecule has 0 atom stereocenters.